The van der Waals surface area contributed by atoms with Crippen LogP contribution in [0.4, 0.5) is 4.79 Å². The number of hydrogen-bond donors (Lipinski definition) is 2. The van der Waals surface area contributed by atoms with Crippen LogP contribution in [-0.2, 0) is 0 Å². The number of ether oxygens (including phenoxy) is 6. The lowest BCUT2D eigenvalue weighted by molar-refractivity contribution is 0.0943. The summed E-state index contributed by atoms with van der Waals surface area (Å²) >= 11 is 0. The fraction of sp³-hybridized carbons (Fsp3) is 0.828. The maximum Gasteiger partial charge on any atom is 0.328 e. The Morgan fingerprint density at radius 1 is 0.214 bits per heavy atom. The molecule has 0 unspecified atom stereocenters. The average molecular weight is 1370 g/mol. The van der Waals surface area contributed by atoms with Crippen LogP contribution in [0, 0.1) is 0 Å². The Balaban J connectivity index is 2.45. The van der Waals surface area contributed by atoms with Crippen LogP contribution in [0.2, 0.25) is 0 Å². The Bertz CT molecular complexity index is 1890. The summed E-state index contributed by atoms with van der Waals surface area (Å²) in [5.74, 6) is 1.38. The van der Waals surface area contributed by atoms with Crippen molar-refractivity contribution in [2.75, 3.05) is 39.6 Å². The third-order valence-electron chi connectivity index (χ3n) is 19.5. The van der Waals surface area contributed by atoms with Crippen LogP contribution < -0.4 is 39.1 Å². The molecule has 2 rings (SSSR count). The normalized spacial score (nSPS) is 11.3. The Labute approximate surface area is 604 Å². The first-order valence-corrected chi connectivity index (χ1v) is 42.6. The summed E-state index contributed by atoms with van der Waals surface area (Å²) in [6.07, 6.45) is 72.8. The van der Waals surface area contributed by atoms with Crippen molar-refractivity contribution in [1.29, 1.82) is 0 Å². The van der Waals surface area contributed by atoms with Crippen LogP contribution in [0.1, 0.15) is 448 Å². The van der Waals surface area contributed by atoms with Crippen LogP contribution in [0.25, 0.3) is 0 Å². The van der Waals surface area contributed by atoms with Gasteiger partial charge in [-0.25, -0.2) is 4.79 Å². The molecule has 4 amide bonds. The first kappa shape index (κ1) is 89.9. The lowest BCUT2D eigenvalue weighted by Gasteiger charge is -2.19. The molecule has 0 spiro atoms. The highest BCUT2D eigenvalue weighted by atomic mass is 16.5. The van der Waals surface area contributed by atoms with E-state index in [9.17, 15) is 14.4 Å². The van der Waals surface area contributed by atoms with Crippen LogP contribution in [0.5, 0.6) is 34.5 Å². The van der Waals surface area contributed by atoms with E-state index in [2.05, 4.69) is 52.2 Å². The van der Waals surface area contributed by atoms with E-state index in [1.54, 1.807) is 24.3 Å². The van der Waals surface area contributed by atoms with Crippen molar-refractivity contribution in [3.63, 3.8) is 0 Å². The van der Waals surface area contributed by atoms with Crippen molar-refractivity contribution in [3.8, 4) is 34.5 Å². The number of hydrogen-bond acceptors (Lipinski definition) is 9. The number of carbonyl (C=O) groups excluding carboxylic acids is 3. The Morgan fingerprint density at radius 3 is 0.520 bits per heavy atom. The minimum absolute atomic E-state index is 0.185. The molecule has 11 nitrogen and oxygen atoms in total. The van der Waals surface area contributed by atoms with Gasteiger partial charge in [0.05, 0.1) is 39.6 Å². The molecule has 0 saturated heterocycles. The largest absolute Gasteiger partial charge is 0.490 e. The topological polar surface area (TPSA) is 131 Å². The molecule has 0 aliphatic carbocycles. The molecule has 0 fully saturated rings. The third kappa shape index (κ3) is 51.1. The second kappa shape index (κ2) is 68.6. The number of benzene rings is 2. The van der Waals surface area contributed by atoms with Gasteiger partial charge in [-0.1, -0.05) is 388 Å². The Hall–Kier alpha value is -4.15. The van der Waals surface area contributed by atoms with Gasteiger partial charge in [0, 0.05) is 11.1 Å². The van der Waals surface area contributed by atoms with Crippen molar-refractivity contribution < 1.29 is 42.8 Å². The van der Waals surface area contributed by atoms with Crippen LogP contribution in [0.15, 0.2) is 24.3 Å². The molecule has 0 saturated carbocycles. The number of carbonyl (C=O) groups is 3. The molecular weight excluding hydrogens is 1220 g/mol. The monoisotopic (exact) mass is 1370 g/mol. The molecule has 0 bridgehead atoms. The molecule has 2 N–H and O–H groups in total. The molecule has 0 aromatic heterocycles. The van der Waals surface area contributed by atoms with E-state index in [1.807, 2.05) is 0 Å². The van der Waals surface area contributed by atoms with E-state index >= 15 is 0 Å². The number of unbranched alkanes of at least 4 members (excludes halogenated alkanes) is 54. The van der Waals surface area contributed by atoms with Crippen molar-refractivity contribution in [2.24, 2.45) is 0 Å². The summed E-state index contributed by atoms with van der Waals surface area (Å²) in [6.45, 7) is 16.4. The molecule has 0 radical (unpaired) electrons. The first-order valence-electron chi connectivity index (χ1n) is 42.6. The van der Waals surface area contributed by atoms with Crippen LogP contribution >= 0.6 is 0 Å². The molecule has 2 aromatic rings. The minimum Gasteiger partial charge on any atom is -0.490 e. The zero-order valence-corrected chi connectivity index (χ0v) is 65.2. The summed E-state index contributed by atoms with van der Waals surface area (Å²) in [7, 11) is 0. The summed E-state index contributed by atoms with van der Waals surface area (Å²) in [4.78, 5) is 42.9. The number of imide groups is 2. The highest BCUT2D eigenvalue weighted by molar-refractivity contribution is 6.11. The van der Waals surface area contributed by atoms with Gasteiger partial charge in [0.15, 0.2) is 23.0 Å². The van der Waals surface area contributed by atoms with Crippen molar-refractivity contribution in [2.45, 2.75) is 427 Å². The van der Waals surface area contributed by atoms with Gasteiger partial charge >= 0.3 is 6.03 Å². The van der Waals surface area contributed by atoms with Crippen molar-refractivity contribution >= 4 is 17.8 Å². The number of nitrogens with one attached hydrogen (secondary N) is 2. The van der Waals surface area contributed by atoms with Gasteiger partial charge in [-0.15, -0.1) is 0 Å². The fourth-order valence-electron chi connectivity index (χ4n) is 13.1. The Kier molecular flexibility index (Phi) is 63.0. The SMILES string of the molecule is CCCCCCCCCCCCOc1cc(C(=O)NC(=O)NC(=O)c2cc(OCCCCCCCCCCCC)c(OCCCCCCCCCCCC)c(OCCCCCCCCCCCC)c2)cc(OCCCCCCCCCCCC)c1OCCCCCCCCCCCC. The van der Waals surface area contributed by atoms with E-state index in [0.717, 1.165) is 103 Å². The van der Waals surface area contributed by atoms with E-state index < -0.39 is 17.8 Å². The summed E-state index contributed by atoms with van der Waals surface area (Å²) < 4.78 is 39.6. The lowest BCUT2D eigenvalue weighted by atomic mass is 10.1. The second-order valence-corrected chi connectivity index (χ2v) is 29.0. The quantitative estimate of drug-likeness (QED) is 0.0622. The van der Waals surface area contributed by atoms with Gasteiger partial charge < -0.3 is 28.4 Å². The van der Waals surface area contributed by atoms with E-state index in [-0.39, 0.29) is 11.1 Å². The van der Waals surface area contributed by atoms with Crippen molar-refractivity contribution in [1.82, 2.24) is 10.6 Å². The molecule has 0 aliphatic heterocycles. The molecule has 98 heavy (non-hydrogen) atoms. The second-order valence-electron chi connectivity index (χ2n) is 29.0. The molecular formula is C87H156N2O9. The molecule has 0 heterocycles. The van der Waals surface area contributed by atoms with Gasteiger partial charge in [0.1, 0.15) is 0 Å². The van der Waals surface area contributed by atoms with E-state index in [0.29, 0.717) is 74.1 Å². The maximum atomic E-state index is 14.4. The molecule has 2 aromatic carbocycles. The molecule has 0 aliphatic rings. The minimum atomic E-state index is -0.941. The van der Waals surface area contributed by atoms with E-state index in [1.165, 1.54) is 283 Å². The highest BCUT2D eigenvalue weighted by Gasteiger charge is 2.24. The van der Waals surface area contributed by atoms with Gasteiger partial charge in [-0.2, -0.15) is 0 Å². The van der Waals surface area contributed by atoms with Gasteiger partial charge in [-0.3, -0.25) is 20.2 Å². The van der Waals surface area contributed by atoms with Gasteiger partial charge in [0.2, 0.25) is 11.5 Å². The van der Waals surface area contributed by atoms with Gasteiger partial charge in [-0.05, 0) is 62.8 Å². The predicted octanol–water partition coefficient (Wildman–Crippen LogP) is 27.8. The first-order chi connectivity index (χ1) is 48.3. The number of urea groups is 1. The van der Waals surface area contributed by atoms with Crippen molar-refractivity contribution in [3.05, 3.63) is 35.4 Å². The zero-order chi connectivity index (χ0) is 70.5. The van der Waals surface area contributed by atoms with Gasteiger partial charge in [0.25, 0.3) is 11.8 Å². The molecule has 568 valence electrons. The maximum absolute atomic E-state index is 14.4. The fourth-order valence-corrected chi connectivity index (χ4v) is 13.1. The summed E-state index contributed by atoms with van der Waals surface area (Å²) in [6, 6.07) is 5.75. The van der Waals surface area contributed by atoms with Crippen LogP contribution in [0.3, 0.4) is 0 Å². The highest BCUT2D eigenvalue weighted by Crippen LogP contribution is 2.41. The Morgan fingerprint density at radius 2 is 0.357 bits per heavy atom. The summed E-state index contributed by atoms with van der Waals surface area (Å²) in [5, 5.41) is 4.98. The smallest absolute Gasteiger partial charge is 0.328 e. The van der Waals surface area contributed by atoms with Crippen LogP contribution in [-0.4, -0.2) is 57.5 Å². The molecule has 11 heteroatoms. The predicted molar refractivity (Wildman–Crippen MR) is 417 cm³/mol. The number of amides is 4. The molecule has 0 atom stereocenters. The number of rotatable bonds is 74. The zero-order valence-electron chi connectivity index (χ0n) is 65.2. The lowest BCUT2D eigenvalue weighted by Crippen LogP contribution is -2.42. The third-order valence-corrected chi connectivity index (χ3v) is 19.5. The standard InChI is InChI=1S/C87H156N2O9/c1-7-13-19-25-31-37-43-49-55-61-67-93-79-73-77(74-80(94-68-62-56-50-44-38-32-26-20-14-8-2)83(79)97-71-65-59-53-47-41-35-29-23-17-11-5)85(90)88-87(92)89-86(91)78-75-81(95-69-63-57-51-45-39-33-27-21-15-9-3)84(98-72-66-60-54-48-42-36-30-24-18-12-6)82(76-78)96-70-64-58-52-46-40-34-28-22-16-10-4/h73-76H,7-72H2,1-6H3,(H2,88,89,90,91,92). The summed E-state index contributed by atoms with van der Waals surface area (Å²) in [5.41, 5.74) is 0.369. The van der Waals surface area contributed by atoms with E-state index in [4.69, 9.17) is 28.4 Å². The average Bonchev–Trinajstić information content (AvgIpc) is 0.824.